The van der Waals surface area contributed by atoms with E-state index in [2.05, 4.69) is 5.18 Å². The van der Waals surface area contributed by atoms with Gasteiger partial charge < -0.3 is 0 Å². The third-order valence-electron chi connectivity index (χ3n) is 2.38. The maximum Gasteiger partial charge on any atom is 0.168 e. The summed E-state index contributed by atoms with van der Waals surface area (Å²) in [5.41, 5.74) is 1.59. The Hall–Kier alpha value is -2.01. The first-order valence-corrected chi connectivity index (χ1v) is 6.07. The average Bonchev–Trinajstić information content (AvgIpc) is 2.39. The molecule has 0 aromatic heterocycles. The molecule has 17 heavy (non-hydrogen) atoms. The highest BCUT2D eigenvalue weighted by Gasteiger charge is 2.07. The van der Waals surface area contributed by atoms with Gasteiger partial charge in [0, 0.05) is 5.56 Å². The number of hydrogen-bond acceptors (Lipinski definition) is 4. The van der Waals surface area contributed by atoms with Crippen LogP contribution in [0.15, 0.2) is 58.6 Å². The maximum atomic E-state index is 10.8. The van der Waals surface area contributed by atoms with Gasteiger partial charge in [-0.15, -0.1) is 4.91 Å². The number of rotatable bonds is 3. The first-order valence-electron chi connectivity index (χ1n) is 4.89. The van der Waals surface area contributed by atoms with Crippen molar-refractivity contribution < 1.29 is 8.42 Å². The third-order valence-corrected chi connectivity index (χ3v) is 3.08. The van der Waals surface area contributed by atoms with Crippen molar-refractivity contribution in [3.05, 3.63) is 53.4 Å². The van der Waals surface area contributed by atoms with Crippen molar-refractivity contribution in [2.45, 2.75) is 4.90 Å². The van der Waals surface area contributed by atoms with Crippen LogP contribution in [0.2, 0.25) is 0 Å². The summed E-state index contributed by atoms with van der Waals surface area (Å²) in [5, 5.41) is 2.87. The van der Waals surface area contributed by atoms with E-state index in [0.717, 1.165) is 5.56 Å². The van der Waals surface area contributed by atoms with Gasteiger partial charge in [-0.1, -0.05) is 36.4 Å². The number of hydrogen-bond donors (Lipinski definition) is 1. The fourth-order valence-corrected chi connectivity index (χ4v) is 1.99. The van der Waals surface area contributed by atoms with E-state index in [-0.39, 0.29) is 10.6 Å². The first-order chi connectivity index (χ1) is 8.22. The lowest BCUT2D eigenvalue weighted by Gasteiger charge is -2.04. The van der Waals surface area contributed by atoms with E-state index in [9.17, 15) is 13.3 Å². The zero-order chi connectivity index (χ0) is 12.3. The van der Waals surface area contributed by atoms with Gasteiger partial charge in [0.15, 0.2) is 10.7 Å². The highest BCUT2D eigenvalue weighted by molar-refractivity contribution is 7.72. The van der Waals surface area contributed by atoms with Gasteiger partial charge in [-0.05, 0) is 22.9 Å². The summed E-state index contributed by atoms with van der Waals surface area (Å²) in [5.74, 6) is 0. The quantitative estimate of drug-likeness (QED) is 0.670. The number of nitroso groups, excluding NO2 is 1. The Labute approximate surface area is 99.8 Å². The molecule has 86 valence electrons. The molecule has 0 fully saturated rings. The van der Waals surface area contributed by atoms with Crippen LogP contribution >= 0.6 is 0 Å². The Morgan fingerprint density at radius 3 is 2.24 bits per heavy atom. The van der Waals surface area contributed by atoms with Crippen molar-refractivity contribution >= 4 is 16.4 Å². The fraction of sp³-hybridized carbons (Fsp3) is 0. The Morgan fingerprint density at radius 1 is 0.941 bits per heavy atom. The van der Waals surface area contributed by atoms with E-state index in [1.807, 2.05) is 30.3 Å². The molecule has 2 aromatic rings. The van der Waals surface area contributed by atoms with Gasteiger partial charge in [-0.2, -0.15) is 0 Å². The van der Waals surface area contributed by atoms with Crippen molar-refractivity contribution in [1.82, 2.24) is 0 Å². The molecule has 4 nitrogen and oxygen atoms in total. The Bertz CT molecular complexity index is 613. The van der Waals surface area contributed by atoms with Crippen molar-refractivity contribution in [2.75, 3.05) is 0 Å². The summed E-state index contributed by atoms with van der Waals surface area (Å²) in [7, 11) is -2.70. The lowest BCUT2D eigenvalue weighted by atomic mass is 10.0. The van der Waals surface area contributed by atoms with Gasteiger partial charge in [0.1, 0.15) is 5.69 Å². The van der Waals surface area contributed by atoms with Crippen LogP contribution < -0.4 is 0 Å². The molecule has 0 bridgehead atoms. The lowest BCUT2D eigenvalue weighted by molar-refractivity contribution is 0.614. The molecular formula is C12H9NO3S. The van der Waals surface area contributed by atoms with Crippen molar-refractivity contribution in [3.63, 3.8) is 0 Å². The average molecular weight is 247 g/mol. The summed E-state index contributed by atoms with van der Waals surface area (Å²) in [4.78, 5) is 10.8. The van der Waals surface area contributed by atoms with Crippen LogP contribution in [0.25, 0.3) is 11.1 Å². The van der Waals surface area contributed by atoms with E-state index in [0.29, 0.717) is 5.56 Å². The SMILES string of the molecule is O=Nc1cc([SH](=O)=O)ccc1-c1ccccc1. The monoisotopic (exact) mass is 247 g/mol. The van der Waals surface area contributed by atoms with Crippen molar-refractivity contribution in [3.8, 4) is 11.1 Å². The van der Waals surface area contributed by atoms with Crippen LogP contribution in [0.3, 0.4) is 0 Å². The molecule has 2 rings (SSSR count). The molecule has 0 aliphatic heterocycles. The fourth-order valence-electron chi connectivity index (χ4n) is 1.57. The molecule has 0 atom stereocenters. The van der Waals surface area contributed by atoms with Crippen molar-refractivity contribution in [2.24, 2.45) is 5.18 Å². The van der Waals surface area contributed by atoms with Gasteiger partial charge in [0.2, 0.25) is 0 Å². The summed E-state index contributed by atoms with van der Waals surface area (Å²) >= 11 is 0. The van der Waals surface area contributed by atoms with E-state index in [1.54, 1.807) is 6.07 Å². The summed E-state index contributed by atoms with van der Waals surface area (Å²) in [6, 6.07) is 13.5. The minimum Gasteiger partial charge on any atom is -0.227 e. The Kier molecular flexibility index (Phi) is 3.30. The smallest absolute Gasteiger partial charge is 0.168 e. The lowest BCUT2D eigenvalue weighted by Crippen LogP contribution is -1.83. The number of thiol groups is 1. The first kappa shape index (κ1) is 11.5. The molecule has 0 aliphatic rings. The highest BCUT2D eigenvalue weighted by Crippen LogP contribution is 2.31. The van der Waals surface area contributed by atoms with Crippen LogP contribution in [-0.2, 0) is 10.7 Å². The zero-order valence-corrected chi connectivity index (χ0v) is 9.63. The zero-order valence-electron chi connectivity index (χ0n) is 8.74. The number of benzene rings is 2. The summed E-state index contributed by atoms with van der Waals surface area (Å²) in [6.45, 7) is 0. The second-order valence-electron chi connectivity index (χ2n) is 3.42. The molecule has 0 amide bonds. The molecule has 2 aromatic carbocycles. The maximum absolute atomic E-state index is 10.8. The van der Waals surface area contributed by atoms with Crippen LogP contribution in [0, 0.1) is 4.91 Å². The topological polar surface area (TPSA) is 63.6 Å². The van der Waals surface area contributed by atoms with Crippen LogP contribution in [-0.4, -0.2) is 8.42 Å². The van der Waals surface area contributed by atoms with Gasteiger partial charge >= 0.3 is 0 Å². The Morgan fingerprint density at radius 2 is 1.65 bits per heavy atom. The molecule has 0 unspecified atom stereocenters. The standard InChI is InChI=1S/C12H9NO3S/c14-13-12-8-10(17(15)16)6-7-11(12)9-4-2-1-3-5-9/h1-8,17H. The van der Waals surface area contributed by atoms with E-state index in [4.69, 9.17) is 0 Å². The van der Waals surface area contributed by atoms with Gasteiger partial charge in [0.05, 0.1) is 4.90 Å². The second-order valence-corrected chi connectivity index (χ2v) is 4.45. The van der Waals surface area contributed by atoms with E-state index in [1.165, 1.54) is 12.1 Å². The molecule has 0 N–H and O–H groups in total. The number of nitrogens with zero attached hydrogens (tertiary/aromatic N) is 1. The molecular weight excluding hydrogens is 238 g/mol. The van der Waals surface area contributed by atoms with Gasteiger partial charge in [0.25, 0.3) is 0 Å². The third kappa shape index (κ3) is 2.39. The molecule has 0 radical (unpaired) electrons. The van der Waals surface area contributed by atoms with E-state index < -0.39 is 10.7 Å². The summed E-state index contributed by atoms with van der Waals surface area (Å²) in [6.07, 6.45) is 0. The Balaban J connectivity index is 2.60. The van der Waals surface area contributed by atoms with Crippen molar-refractivity contribution in [1.29, 1.82) is 0 Å². The molecule has 0 spiro atoms. The molecule has 0 aliphatic carbocycles. The van der Waals surface area contributed by atoms with Crippen LogP contribution in [0.1, 0.15) is 0 Å². The van der Waals surface area contributed by atoms with Gasteiger partial charge in [-0.25, -0.2) is 8.42 Å². The minimum absolute atomic E-state index is 0.0919. The molecule has 0 saturated carbocycles. The van der Waals surface area contributed by atoms with Crippen LogP contribution in [0.4, 0.5) is 5.69 Å². The minimum atomic E-state index is -2.70. The predicted molar refractivity (Wildman–Crippen MR) is 65.9 cm³/mol. The second kappa shape index (κ2) is 4.88. The van der Waals surface area contributed by atoms with Gasteiger partial charge in [-0.3, -0.25) is 0 Å². The molecule has 0 saturated heterocycles. The van der Waals surface area contributed by atoms with E-state index >= 15 is 0 Å². The largest absolute Gasteiger partial charge is 0.227 e. The van der Waals surface area contributed by atoms with Crippen LogP contribution in [0.5, 0.6) is 0 Å². The molecule has 5 heteroatoms. The summed E-state index contributed by atoms with van der Waals surface area (Å²) < 4.78 is 21.6. The normalized spacial score (nSPS) is 10.4. The predicted octanol–water partition coefficient (Wildman–Crippen LogP) is 2.72. The molecule has 0 heterocycles. The highest BCUT2D eigenvalue weighted by atomic mass is 32.2.